The minimum absolute atomic E-state index is 0.281. The van der Waals surface area contributed by atoms with Crippen LogP contribution in [0, 0.1) is 6.92 Å². The molecule has 114 valence electrons. The van der Waals surface area contributed by atoms with E-state index in [1.54, 1.807) is 4.90 Å². The predicted octanol–water partition coefficient (Wildman–Crippen LogP) is 2.35. The van der Waals surface area contributed by atoms with Crippen molar-refractivity contribution < 1.29 is 14.7 Å². The summed E-state index contributed by atoms with van der Waals surface area (Å²) < 4.78 is 0. The lowest BCUT2D eigenvalue weighted by atomic mass is 10.1. The SMILES string of the molecule is Cc1ccccc1SC1CCN(C(=O)NCC(=O)O)CC1. The highest BCUT2D eigenvalue weighted by Gasteiger charge is 2.23. The van der Waals surface area contributed by atoms with Gasteiger partial charge in [0.15, 0.2) is 0 Å². The number of carboxylic acids is 1. The van der Waals surface area contributed by atoms with Crippen LogP contribution in [0.3, 0.4) is 0 Å². The van der Waals surface area contributed by atoms with Crippen molar-refractivity contribution in [2.24, 2.45) is 0 Å². The van der Waals surface area contributed by atoms with E-state index in [1.807, 2.05) is 23.9 Å². The Morgan fingerprint density at radius 3 is 2.62 bits per heavy atom. The lowest BCUT2D eigenvalue weighted by Crippen LogP contribution is -2.46. The second-order valence-electron chi connectivity index (χ2n) is 5.12. The molecule has 1 aliphatic heterocycles. The zero-order valence-electron chi connectivity index (χ0n) is 12.0. The maximum atomic E-state index is 11.8. The number of likely N-dealkylation sites (tertiary alicyclic amines) is 1. The summed E-state index contributed by atoms with van der Waals surface area (Å²) >= 11 is 1.87. The molecule has 21 heavy (non-hydrogen) atoms. The highest BCUT2D eigenvalue weighted by Crippen LogP contribution is 2.32. The lowest BCUT2D eigenvalue weighted by Gasteiger charge is -2.31. The first kappa shape index (κ1) is 15.7. The van der Waals surface area contributed by atoms with E-state index in [1.165, 1.54) is 10.5 Å². The van der Waals surface area contributed by atoms with Gasteiger partial charge in [-0.05, 0) is 31.4 Å². The van der Waals surface area contributed by atoms with Gasteiger partial charge in [-0.25, -0.2) is 4.79 Å². The number of urea groups is 1. The number of hydrogen-bond acceptors (Lipinski definition) is 3. The maximum Gasteiger partial charge on any atom is 0.323 e. The third kappa shape index (κ3) is 4.67. The van der Waals surface area contributed by atoms with Crippen LogP contribution in [-0.4, -0.2) is 46.9 Å². The van der Waals surface area contributed by atoms with E-state index in [4.69, 9.17) is 5.11 Å². The Labute approximate surface area is 128 Å². The maximum absolute atomic E-state index is 11.8. The van der Waals surface area contributed by atoms with Crippen molar-refractivity contribution in [3.8, 4) is 0 Å². The summed E-state index contributed by atoms with van der Waals surface area (Å²) in [4.78, 5) is 25.2. The molecule has 0 aromatic heterocycles. The monoisotopic (exact) mass is 308 g/mol. The number of hydrogen-bond donors (Lipinski definition) is 2. The van der Waals surface area contributed by atoms with Crippen LogP contribution in [0.25, 0.3) is 0 Å². The number of amides is 2. The molecule has 1 aliphatic rings. The van der Waals surface area contributed by atoms with Gasteiger partial charge in [-0.2, -0.15) is 0 Å². The number of piperidine rings is 1. The average molecular weight is 308 g/mol. The molecule has 2 rings (SSSR count). The van der Waals surface area contributed by atoms with Gasteiger partial charge in [0.25, 0.3) is 0 Å². The second kappa shape index (κ2) is 7.36. The molecular weight excluding hydrogens is 288 g/mol. The van der Waals surface area contributed by atoms with Gasteiger partial charge in [-0.15, -0.1) is 11.8 Å². The molecule has 0 bridgehead atoms. The van der Waals surface area contributed by atoms with Crippen LogP contribution in [-0.2, 0) is 4.79 Å². The number of carbonyl (C=O) groups excluding carboxylic acids is 1. The molecule has 1 heterocycles. The quantitative estimate of drug-likeness (QED) is 0.896. The number of aryl methyl sites for hydroxylation is 1. The largest absolute Gasteiger partial charge is 0.480 e. The van der Waals surface area contributed by atoms with Crippen molar-refractivity contribution in [3.63, 3.8) is 0 Å². The highest BCUT2D eigenvalue weighted by atomic mass is 32.2. The van der Waals surface area contributed by atoms with Gasteiger partial charge in [-0.3, -0.25) is 4.79 Å². The third-order valence-corrected chi connectivity index (χ3v) is 5.02. The molecule has 0 spiro atoms. The van der Waals surface area contributed by atoms with Gasteiger partial charge in [0.2, 0.25) is 0 Å². The Balaban J connectivity index is 1.79. The molecule has 5 nitrogen and oxygen atoms in total. The predicted molar refractivity (Wildman–Crippen MR) is 82.7 cm³/mol. The molecule has 6 heteroatoms. The molecule has 1 fully saturated rings. The number of carbonyl (C=O) groups is 2. The number of nitrogens with zero attached hydrogens (tertiary/aromatic N) is 1. The fraction of sp³-hybridized carbons (Fsp3) is 0.467. The molecule has 0 unspecified atom stereocenters. The number of thioether (sulfide) groups is 1. The van der Waals surface area contributed by atoms with Crippen molar-refractivity contribution in [2.75, 3.05) is 19.6 Å². The number of benzene rings is 1. The van der Waals surface area contributed by atoms with Crippen LogP contribution in [0.1, 0.15) is 18.4 Å². The topological polar surface area (TPSA) is 69.6 Å². The number of nitrogens with one attached hydrogen (secondary N) is 1. The van der Waals surface area contributed by atoms with Gasteiger partial charge in [0, 0.05) is 23.2 Å². The van der Waals surface area contributed by atoms with Crippen molar-refractivity contribution >= 4 is 23.8 Å². The summed E-state index contributed by atoms with van der Waals surface area (Å²) in [6.45, 7) is 3.14. The summed E-state index contributed by atoms with van der Waals surface area (Å²) in [5.41, 5.74) is 1.28. The zero-order valence-corrected chi connectivity index (χ0v) is 12.9. The van der Waals surface area contributed by atoms with Crippen LogP contribution in [0.5, 0.6) is 0 Å². The summed E-state index contributed by atoms with van der Waals surface area (Å²) in [7, 11) is 0. The van der Waals surface area contributed by atoms with E-state index >= 15 is 0 Å². The molecule has 0 radical (unpaired) electrons. The van der Waals surface area contributed by atoms with Gasteiger partial charge in [0.1, 0.15) is 6.54 Å². The Morgan fingerprint density at radius 1 is 1.33 bits per heavy atom. The first-order chi connectivity index (χ1) is 10.1. The van der Waals surface area contributed by atoms with E-state index in [0.29, 0.717) is 18.3 Å². The minimum atomic E-state index is -1.02. The van der Waals surface area contributed by atoms with Gasteiger partial charge in [0.05, 0.1) is 0 Å². The summed E-state index contributed by atoms with van der Waals surface area (Å²) in [5.74, 6) is -1.02. The molecule has 1 aromatic rings. The molecule has 1 saturated heterocycles. The van der Waals surface area contributed by atoms with E-state index < -0.39 is 5.97 Å². The van der Waals surface area contributed by atoms with Gasteiger partial charge >= 0.3 is 12.0 Å². The minimum Gasteiger partial charge on any atom is -0.480 e. The van der Waals surface area contributed by atoms with Crippen molar-refractivity contribution in [1.82, 2.24) is 10.2 Å². The number of aliphatic carboxylic acids is 1. The smallest absolute Gasteiger partial charge is 0.323 e. The van der Waals surface area contributed by atoms with Crippen molar-refractivity contribution in [2.45, 2.75) is 29.9 Å². The molecule has 1 aromatic carbocycles. The first-order valence-electron chi connectivity index (χ1n) is 7.03. The fourth-order valence-corrected chi connectivity index (χ4v) is 3.52. The lowest BCUT2D eigenvalue weighted by molar-refractivity contribution is -0.135. The Morgan fingerprint density at radius 2 is 2.00 bits per heavy atom. The van der Waals surface area contributed by atoms with Crippen molar-refractivity contribution in [1.29, 1.82) is 0 Å². The Bertz CT molecular complexity index is 513. The van der Waals surface area contributed by atoms with Crippen LogP contribution in [0.4, 0.5) is 4.79 Å². The van der Waals surface area contributed by atoms with E-state index in [2.05, 4.69) is 24.4 Å². The van der Waals surface area contributed by atoms with E-state index in [9.17, 15) is 9.59 Å². The molecule has 0 aliphatic carbocycles. The normalized spacial score (nSPS) is 15.8. The zero-order chi connectivity index (χ0) is 15.2. The summed E-state index contributed by atoms with van der Waals surface area (Å²) in [6.07, 6.45) is 1.86. The van der Waals surface area contributed by atoms with Crippen LogP contribution < -0.4 is 5.32 Å². The van der Waals surface area contributed by atoms with Gasteiger partial charge < -0.3 is 15.3 Å². The average Bonchev–Trinajstić information content (AvgIpc) is 2.48. The molecule has 0 atom stereocenters. The Hall–Kier alpha value is -1.69. The standard InChI is InChI=1S/C15H20N2O3S/c1-11-4-2-3-5-13(11)21-12-6-8-17(9-7-12)15(20)16-10-14(18)19/h2-5,12H,6-10H2,1H3,(H,16,20)(H,18,19). The molecule has 2 amide bonds. The van der Waals surface area contributed by atoms with Crippen LogP contribution >= 0.6 is 11.8 Å². The van der Waals surface area contributed by atoms with Crippen molar-refractivity contribution in [3.05, 3.63) is 29.8 Å². The highest BCUT2D eigenvalue weighted by molar-refractivity contribution is 8.00. The van der Waals surface area contributed by atoms with E-state index in [0.717, 1.165) is 12.8 Å². The summed E-state index contributed by atoms with van der Waals surface area (Å²) in [6, 6.07) is 8.04. The molecule has 0 saturated carbocycles. The van der Waals surface area contributed by atoms with Crippen LogP contribution in [0.2, 0.25) is 0 Å². The first-order valence-corrected chi connectivity index (χ1v) is 7.91. The molecular formula is C15H20N2O3S. The Kier molecular flexibility index (Phi) is 5.50. The molecule has 2 N–H and O–H groups in total. The number of carboxylic acid groups (broad SMARTS) is 1. The third-order valence-electron chi connectivity index (χ3n) is 3.51. The summed E-state index contributed by atoms with van der Waals surface area (Å²) in [5, 5.41) is 11.5. The van der Waals surface area contributed by atoms with E-state index in [-0.39, 0.29) is 12.6 Å². The van der Waals surface area contributed by atoms with Crippen LogP contribution in [0.15, 0.2) is 29.2 Å². The fourth-order valence-electron chi connectivity index (χ4n) is 2.31. The second-order valence-corrected chi connectivity index (χ2v) is 6.46. The van der Waals surface area contributed by atoms with Gasteiger partial charge in [-0.1, -0.05) is 18.2 Å². The number of rotatable bonds is 4.